The van der Waals surface area contributed by atoms with Crippen molar-refractivity contribution in [2.75, 3.05) is 49.5 Å². The van der Waals surface area contributed by atoms with Crippen LogP contribution in [0.15, 0.2) is 47.5 Å². The molecule has 2 N–H and O–H groups in total. The Morgan fingerprint density at radius 2 is 1.77 bits per heavy atom. The van der Waals surface area contributed by atoms with Crippen LogP contribution in [0.5, 0.6) is 0 Å². The highest BCUT2D eigenvalue weighted by atomic mass is 32.1. The van der Waals surface area contributed by atoms with E-state index >= 15 is 0 Å². The van der Waals surface area contributed by atoms with Crippen LogP contribution in [-0.2, 0) is 14.4 Å². The molecule has 2 aliphatic heterocycles. The maximum absolute atomic E-state index is 13.5. The van der Waals surface area contributed by atoms with Crippen molar-refractivity contribution in [1.29, 1.82) is 0 Å². The van der Waals surface area contributed by atoms with Crippen LogP contribution in [0.3, 0.4) is 0 Å². The first-order valence-electron chi connectivity index (χ1n) is 10.1. The van der Waals surface area contributed by atoms with Crippen LogP contribution in [0.4, 0.5) is 11.4 Å². The lowest BCUT2D eigenvalue weighted by Gasteiger charge is -2.36. The van der Waals surface area contributed by atoms with E-state index in [2.05, 4.69) is 10.2 Å². The van der Waals surface area contributed by atoms with Gasteiger partial charge in [-0.2, -0.15) is 0 Å². The smallest absolute Gasteiger partial charge is 0.282 e. The molecule has 0 bridgehead atoms. The van der Waals surface area contributed by atoms with Crippen molar-refractivity contribution in [2.24, 2.45) is 0 Å². The minimum absolute atomic E-state index is 0.100. The number of imide groups is 1. The fourth-order valence-corrected chi connectivity index (χ4v) is 4.69. The summed E-state index contributed by atoms with van der Waals surface area (Å²) < 4.78 is 0. The first-order chi connectivity index (χ1) is 15.0. The number of carbonyl (C=O) groups excluding carboxylic acids is 3. The molecule has 0 unspecified atom stereocenters. The van der Waals surface area contributed by atoms with Gasteiger partial charge in [-0.3, -0.25) is 19.3 Å². The fourth-order valence-electron chi connectivity index (χ4n) is 3.92. The Bertz CT molecular complexity index is 1010. The summed E-state index contributed by atoms with van der Waals surface area (Å²) in [6.45, 7) is 4.78. The van der Waals surface area contributed by atoms with Gasteiger partial charge in [0.1, 0.15) is 5.70 Å². The van der Waals surface area contributed by atoms with Crippen LogP contribution >= 0.6 is 11.3 Å². The molecule has 1 aromatic carbocycles. The number of amides is 3. The Balaban J connectivity index is 1.64. The molecule has 1 saturated heterocycles. The van der Waals surface area contributed by atoms with Gasteiger partial charge in [0.15, 0.2) is 0 Å². The molecule has 0 radical (unpaired) electrons. The third kappa shape index (κ3) is 4.25. The molecule has 3 amide bonds. The zero-order valence-electron chi connectivity index (χ0n) is 17.2. The fraction of sp³-hybridized carbons (Fsp3) is 0.318. The Hall–Kier alpha value is -3.01. The lowest BCUT2D eigenvalue weighted by Crippen LogP contribution is -2.48. The number of hydrogen-bond donors (Lipinski definition) is 2. The highest BCUT2D eigenvalue weighted by Crippen LogP contribution is 2.37. The standard InChI is InChI=1S/C22H24N4O4S/c1-15(28)23-16-4-6-17(7-5-16)26-21(29)19(18-3-2-14-31-18)20(22(26)30)25-10-8-24(9-11-25)12-13-27/h2-7,14,27H,8-13H2,1H3,(H,23,28). The van der Waals surface area contributed by atoms with Gasteiger partial charge in [-0.25, -0.2) is 4.90 Å². The lowest BCUT2D eigenvalue weighted by atomic mass is 10.1. The van der Waals surface area contributed by atoms with Gasteiger partial charge in [0, 0.05) is 50.2 Å². The minimum Gasteiger partial charge on any atom is -0.395 e. The lowest BCUT2D eigenvalue weighted by molar-refractivity contribution is -0.121. The molecule has 31 heavy (non-hydrogen) atoms. The summed E-state index contributed by atoms with van der Waals surface area (Å²) >= 11 is 1.43. The number of nitrogens with one attached hydrogen (secondary N) is 1. The van der Waals surface area contributed by atoms with Crippen molar-refractivity contribution >= 4 is 46.0 Å². The van der Waals surface area contributed by atoms with Crippen LogP contribution in [0, 0.1) is 0 Å². The number of benzene rings is 1. The van der Waals surface area contributed by atoms with Gasteiger partial charge in [-0.05, 0) is 35.7 Å². The molecule has 162 valence electrons. The van der Waals surface area contributed by atoms with Gasteiger partial charge in [-0.15, -0.1) is 11.3 Å². The van der Waals surface area contributed by atoms with E-state index in [4.69, 9.17) is 0 Å². The van der Waals surface area contributed by atoms with E-state index < -0.39 is 0 Å². The van der Waals surface area contributed by atoms with Gasteiger partial charge in [0.2, 0.25) is 5.91 Å². The van der Waals surface area contributed by atoms with Gasteiger partial charge >= 0.3 is 0 Å². The summed E-state index contributed by atoms with van der Waals surface area (Å²) in [6, 6.07) is 10.4. The summed E-state index contributed by atoms with van der Waals surface area (Å²) in [5.41, 5.74) is 1.93. The first kappa shape index (κ1) is 21.2. The van der Waals surface area contributed by atoms with Crippen molar-refractivity contribution in [2.45, 2.75) is 6.92 Å². The molecule has 4 rings (SSSR count). The number of β-amino-alcohol motifs (C(OH)–C–C–N with tert-alkyl or cyclic N) is 1. The number of rotatable bonds is 6. The zero-order valence-corrected chi connectivity index (χ0v) is 18.0. The van der Waals surface area contributed by atoms with E-state index in [1.807, 2.05) is 22.4 Å². The van der Waals surface area contributed by atoms with Crippen molar-refractivity contribution in [1.82, 2.24) is 9.80 Å². The second-order valence-corrected chi connectivity index (χ2v) is 8.37. The molecule has 3 heterocycles. The van der Waals surface area contributed by atoms with Gasteiger partial charge in [0.25, 0.3) is 11.8 Å². The molecule has 2 aromatic rings. The van der Waals surface area contributed by atoms with Crippen molar-refractivity contribution in [3.63, 3.8) is 0 Å². The largest absolute Gasteiger partial charge is 0.395 e. The Kier molecular flexibility index (Phi) is 6.17. The number of aliphatic hydroxyl groups excluding tert-OH is 1. The summed E-state index contributed by atoms with van der Waals surface area (Å²) in [7, 11) is 0. The van der Waals surface area contributed by atoms with Gasteiger partial charge in [0.05, 0.1) is 17.9 Å². The summed E-state index contributed by atoms with van der Waals surface area (Å²) in [4.78, 5) is 44.2. The number of carbonyl (C=O) groups is 3. The van der Waals surface area contributed by atoms with Crippen LogP contribution < -0.4 is 10.2 Å². The average molecular weight is 441 g/mol. The number of hydrogen-bond acceptors (Lipinski definition) is 7. The van der Waals surface area contributed by atoms with E-state index in [1.54, 1.807) is 24.3 Å². The summed E-state index contributed by atoms with van der Waals surface area (Å²) in [5, 5.41) is 13.8. The normalized spacial score (nSPS) is 17.6. The second kappa shape index (κ2) is 9.01. The predicted molar refractivity (Wildman–Crippen MR) is 120 cm³/mol. The highest BCUT2D eigenvalue weighted by molar-refractivity contribution is 7.11. The summed E-state index contributed by atoms with van der Waals surface area (Å²) in [5.74, 6) is -0.867. The second-order valence-electron chi connectivity index (χ2n) is 7.43. The first-order valence-corrected chi connectivity index (χ1v) is 11.0. The number of thiophene rings is 1. The number of nitrogens with zero attached hydrogens (tertiary/aromatic N) is 3. The maximum Gasteiger partial charge on any atom is 0.282 e. The van der Waals surface area contributed by atoms with Crippen LogP contribution in [0.2, 0.25) is 0 Å². The maximum atomic E-state index is 13.5. The van der Waals surface area contributed by atoms with E-state index in [0.717, 1.165) is 4.88 Å². The topological polar surface area (TPSA) is 93.2 Å². The van der Waals surface area contributed by atoms with Crippen molar-refractivity contribution in [3.05, 3.63) is 52.4 Å². The number of anilines is 2. The molecule has 1 aromatic heterocycles. The quantitative estimate of drug-likeness (QED) is 0.663. The molecule has 0 aliphatic carbocycles. The predicted octanol–water partition coefficient (Wildman–Crippen LogP) is 1.60. The number of piperazine rings is 1. The molecular formula is C22H24N4O4S. The SMILES string of the molecule is CC(=O)Nc1ccc(N2C(=O)C(c3cccs3)=C(N3CCN(CCO)CC3)C2=O)cc1. The van der Waals surface area contributed by atoms with Crippen molar-refractivity contribution < 1.29 is 19.5 Å². The van der Waals surface area contributed by atoms with Crippen LogP contribution in [-0.4, -0.2) is 72.0 Å². The zero-order chi connectivity index (χ0) is 22.0. The molecular weight excluding hydrogens is 416 g/mol. The average Bonchev–Trinajstić information content (AvgIpc) is 3.36. The van der Waals surface area contributed by atoms with E-state index in [-0.39, 0.29) is 24.3 Å². The third-order valence-electron chi connectivity index (χ3n) is 5.38. The molecule has 2 aliphatic rings. The van der Waals surface area contributed by atoms with Gasteiger partial charge in [-0.1, -0.05) is 6.07 Å². The Labute approximate surface area is 184 Å². The third-order valence-corrected chi connectivity index (χ3v) is 6.26. The van der Waals surface area contributed by atoms with E-state index in [1.165, 1.54) is 23.2 Å². The molecule has 0 atom stereocenters. The Morgan fingerprint density at radius 3 is 2.35 bits per heavy atom. The molecule has 0 spiro atoms. The summed E-state index contributed by atoms with van der Waals surface area (Å²) in [6.07, 6.45) is 0. The minimum atomic E-state index is -0.340. The molecule has 9 heteroatoms. The van der Waals surface area contributed by atoms with Crippen LogP contribution in [0.1, 0.15) is 11.8 Å². The highest BCUT2D eigenvalue weighted by Gasteiger charge is 2.43. The van der Waals surface area contributed by atoms with Crippen LogP contribution in [0.25, 0.3) is 5.57 Å². The van der Waals surface area contributed by atoms with Gasteiger partial charge < -0.3 is 15.3 Å². The molecule has 0 saturated carbocycles. The van der Waals surface area contributed by atoms with E-state index in [0.29, 0.717) is 55.4 Å². The molecule has 8 nitrogen and oxygen atoms in total. The number of aliphatic hydroxyl groups is 1. The van der Waals surface area contributed by atoms with E-state index in [9.17, 15) is 19.5 Å². The molecule has 1 fully saturated rings. The monoisotopic (exact) mass is 440 g/mol. The Morgan fingerprint density at radius 1 is 1.06 bits per heavy atom. The van der Waals surface area contributed by atoms with Crippen molar-refractivity contribution in [3.8, 4) is 0 Å².